The van der Waals surface area contributed by atoms with E-state index < -0.39 is 24.0 Å². The number of carbonyl (C=O) groups excluding carboxylic acids is 2. The van der Waals surface area contributed by atoms with Gasteiger partial charge in [-0.3, -0.25) is 9.59 Å². The van der Waals surface area contributed by atoms with Gasteiger partial charge < -0.3 is 24.8 Å². The molecule has 0 aliphatic heterocycles. The van der Waals surface area contributed by atoms with Crippen LogP contribution in [0.1, 0.15) is 11.3 Å². The molecule has 3 N–H and O–H groups in total. The Labute approximate surface area is 139 Å². The van der Waals surface area contributed by atoms with Crippen molar-refractivity contribution in [2.45, 2.75) is 25.3 Å². The molecule has 2 rings (SSSR count). The van der Waals surface area contributed by atoms with Gasteiger partial charge in [-0.25, -0.2) is 0 Å². The molecule has 0 aliphatic carbocycles. The number of rotatable bonds is 7. The van der Waals surface area contributed by atoms with Gasteiger partial charge in [0.2, 0.25) is 0 Å². The lowest BCUT2D eigenvalue weighted by Gasteiger charge is -2.23. The lowest BCUT2D eigenvalue weighted by Crippen LogP contribution is -2.49. The fourth-order valence-electron chi connectivity index (χ4n) is 2.13. The van der Waals surface area contributed by atoms with Gasteiger partial charge in [0.25, 0.3) is 11.8 Å². The van der Waals surface area contributed by atoms with Crippen LogP contribution in [0.3, 0.4) is 0 Å². The zero-order valence-electron chi connectivity index (χ0n) is 13.3. The first-order valence-electron chi connectivity index (χ1n) is 7.44. The van der Waals surface area contributed by atoms with E-state index in [4.69, 9.17) is 4.42 Å². The second-order valence-corrected chi connectivity index (χ2v) is 5.37. The molecule has 2 atom stereocenters. The molecule has 24 heavy (non-hydrogen) atoms. The SMILES string of the molecule is CN(Cc1ccccc1)C(=O)[C@H](O)[C@@H](O)C(=O)NCc1ccco1. The molecule has 2 aromatic rings. The van der Waals surface area contributed by atoms with E-state index in [0.717, 1.165) is 5.56 Å². The maximum Gasteiger partial charge on any atom is 0.254 e. The number of likely N-dealkylation sites (N-methyl/N-ethyl adjacent to an activating group) is 1. The van der Waals surface area contributed by atoms with Crippen molar-refractivity contribution >= 4 is 11.8 Å². The molecule has 1 aromatic heterocycles. The summed E-state index contributed by atoms with van der Waals surface area (Å²) >= 11 is 0. The molecule has 7 nitrogen and oxygen atoms in total. The molecule has 0 aliphatic rings. The van der Waals surface area contributed by atoms with E-state index in [-0.39, 0.29) is 13.1 Å². The second kappa shape index (κ2) is 8.28. The Kier molecular flexibility index (Phi) is 6.11. The summed E-state index contributed by atoms with van der Waals surface area (Å²) in [6.07, 6.45) is -2.24. The summed E-state index contributed by atoms with van der Waals surface area (Å²) in [5.41, 5.74) is 0.873. The van der Waals surface area contributed by atoms with Gasteiger partial charge in [0.1, 0.15) is 5.76 Å². The summed E-state index contributed by atoms with van der Waals surface area (Å²) in [6.45, 7) is 0.321. The molecule has 0 saturated carbocycles. The third-order valence-corrected chi connectivity index (χ3v) is 3.48. The fourth-order valence-corrected chi connectivity index (χ4v) is 2.13. The number of amides is 2. The van der Waals surface area contributed by atoms with Crippen molar-refractivity contribution in [3.05, 3.63) is 60.1 Å². The zero-order valence-corrected chi connectivity index (χ0v) is 13.3. The smallest absolute Gasteiger partial charge is 0.254 e. The maximum atomic E-state index is 12.1. The lowest BCUT2D eigenvalue weighted by atomic mass is 10.1. The molecule has 0 unspecified atom stereocenters. The summed E-state index contributed by atoms with van der Waals surface area (Å²) in [4.78, 5) is 25.2. The third kappa shape index (κ3) is 4.68. The number of aliphatic hydroxyl groups is 2. The highest BCUT2D eigenvalue weighted by Gasteiger charge is 2.32. The Morgan fingerprint density at radius 3 is 2.46 bits per heavy atom. The Morgan fingerprint density at radius 2 is 1.83 bits per heavy atom. The summed E-state index contributed by atoms with van der Waals surface area (Å²) in [5, 5.41) is 22.2. The average molecular weight is 332 g/mol. The predicted molar refractivity (Wildman–Crippen MR) is 85.5 cm³/mol. The number of nitrogens with zero attached hydrogens (tertiary/aromatic N) is 1. The van der Waals surface area contributed by atoms with Crippen molar-refractivity contribution in [3.63, 3.8) is 0 Å². The van der Waals surface area contributed by atoms with Crippen molar-refractivity contribution in [2.75, 3.05) is 7.05 Å². The molecule has 0 fully saturated rings. The summed E-state index contributed by atoms with van der Waals surface area (Å²) in [7, 11) is 1.49. The van der Waals surface area contributed by atoms with Crippen LogP contribution in [0.25, 0.3) is 0 Å². The van der Waals surface area contributed by atoms with E-state index in [1.165, 1.54) is 18.2 Å². The largest absolute Gasteiger partial charge is 0.467 e. The number of aliphatic hydroxyl groups excluding tert-OH is 2. The molecule has 2 amide bonds. The quantitative estimate of drug-likeness (QED) is 0.676. The highest BCUT2D eigenvalue weighted by Crippen LogP contribution is 2.07. The number of hydrogen-bond acceptors (Lipinski definition) is 5. The topological polar surface area (TPSA) is 103 Å². The molecule has 1 heterocycles. The molecule has 0 saturated heterocycles. The summed E-state index contributed by atoms with van der Waals surface area (Å²) in [6, 6.07) is 12.5. The van der Waals surface area contributed by atoms with Crippen molar-refractivity contribution in [2.24, 2.45) is 0 Å². The third-order valence-electron chi connectivity index (χ3n) is 3.48. The van der Waals surface area contributed by atoms with Crippen LogP contribution in [0.15, 0.2) is 53.1 Å². The minimum Gasteiger partial charge on any atom is -0.467 e. The fraction of sp³-hybridized carbons (Fsp3) is 0.294. The maximum absolute atomic E-state index is 12.1. The highest BCUT2D eigenvalue weighted by molar-refractivity contribution is 5.90. The van der Waals surface area contributed by atoms with Gasteiger partial charge in [-0.15, -0.1) is 0 Å². The first-order chi connectivity index (χ1) is 11.5. The average Bonchev–Trinajstić information content (AvgIpc) is 3.12. The van der Waals surface area contributed by atoms with Gasteiger partial charge in [-0.05, 0) is 17.7 Å². The van der Waals surface area contributed by atoms with Crippen molar-refractivity contribution in [1.82, 2.24) is 10.2 Å². The molecular formula is C17H20N2O5. The van der Waals surface area contributed by atoms with E-state index in [0.29, 0.717) is 5.76 Å². The first kappa shape index (κ1) is 17.7. The van der Waals surface area contributed by atoms with E-state index in [9.17, 15) is 19.8 Å². The van der Waals surface area contributed by atoms with Gasteiger partial charge in [0.05, 0.1) is 12.8 Å². The monoisotopic (exact) mass is 332 g/mol. The standard InChI is InChI=1S/C17H20N2O5/c1-19(11-12-6-3-2-4-7-12)17(23)15(21)14(20)16(22)18-10-13-8-5-9-24-13/h2-9,14-15,20-21H,10-11H2,1H3,(H,18,22)/t14-,15-/m1/s1. The van der Waals surface area contributed by atoms with Crippen LogP contribution in [-0.2, 0) is 22.7 Å². The summed E-state index contributed by atoms with van der Waals surface area (Å²) in [5.74, 6) is -1.09. The number of nitrogens with one attached hydrogen (secondary N) is 1. The van der Waals surface area contributed by atoms with Crippen LogP contribution in [-0.4, -0.2) is 46.2 Å². The van der Waals surface area contributed by atoms with Crippen LogP contribution >= 0.6 is 0 Å². The number of furan rings is 1. The Hall–Kier alpha value is -2.64. The van der Waals surface area contributed by atoms with Gasteiger partial charge in [0, 0.05) is 13.6 Å². The zero-order chi connectivity index (χ0) is 17.5. The van der Waals surface area contributed by atoms with Gasteiger partial charge in [-0.2, -0.15) is 0 Å². The summed E-state index contributed by atoms with van der Waals surface area (Å²) < 4.78 is 5.04. The Bertz CT molecular complexity index is 657. The number of hydrogen-bond donors (Lipinski definition) is 3. The molecule has 7 heteroatoms. The molecule has 1 aromatic carbocycles. The van der Waals surface area contributed by atoms with Crippen LogP contribution in [0.5, 0.6) is 0 Å². The number of carbonyl (C=O) groups is 2. The molecule has 0 radical (unpaired) electrons. The predicted octanol–water partition coefficient (Wildman–Crippen LogP) is 0.276. The minimum absolute atomic E-state index is 0.0592. The van der Waals surface area contributed by atoms with Gasteiger partial charge >= 0.3 is 0 Å². The van der Waals surface area contributed by atoms with Gasteiger partial charge in [0.15, 0.2) is 12.2 Å². The molecule has 0 spiro atoms. The van der Waals surface area contributed by atoms with E-state index in [1.807, 2.05) is 30.3 Å². The molecule has 0 bridgehead atoms. The van der Waals surface area contributed by atoms with Crippen molar-refractivity contribution in [1.29, 1.82) is 0 Å². The van der Waals surface area contributed by atoms with Crippen molar-refractivity contribution < 1.29 is 24.2 Å². The van der Waals surface area contributed by atoms with E-state index in [2.05, 4.69) is 5.32 Å². The van der Waals surface area contributed by atoms with Gasteiger partial charge in [-0.1, -0.05) is 30.3 Å². The lowest BCUT2D eigenvalue weighted by molar-refractivity contribution is -0.152. The van der Waals surface area contributed by atoms with Crippen LogP contribution < -0.4 is 5.32 Å². The van der Waals surface area contributed by atoms with Crippen LogP contribution in [0.2, 0.25) is 0 Å². The van der Waals surface area contributed by atoms with Crippen molar-refractivity contribution in [3.8, 4) is 0 Å². The Balaban J connectivity index is 1.87. The van der Waals surface area contributed by atoms with Crippen LogP contribution in [0, 0.1) is 0 Å². The van der Waals surface area contributed by atoms with E-state index in [1.54, 1.807) is 12.1 Å². The minimum atomic E-state index is -1.86. The number of benzene rings is 1. The van der Waals surface area contributed by atoms with E-state index >= 15 is 0 Å². The first-order valence-corrected chi connectivity index (χ1v) is 7.44. The van der Waals surface area contributed by atoms with Crippen LogP contribution in [0.4, 0.5) is 0 Å². The Morgan fingerprint density at radius 1 is 1.12 bits per heavy atom. The molecule has 128 valence electrons. The second-order valence-electron chi connectivity index (χ2n) is 5.37. The normalized spacial score (nSPS) is 13.1. The highest BCUT2D eigenvalue weighted by atomic mass is 16.3. The molecular weight excluding hydrogens is 312 g/mol.